The number of carbonyl (C=O) groups is 1. The number of benzene rings is 1. The van der Waals surface area contributed by atoms with Crippen molar-refractivity contribution in [2.45, 2.75) is 12.6 Å². The SMILES string of the molecule is COC(=O)Cc1cccc(C(F)(F)F)c1N.Cl. The molecule has 0 atom stereocenters. The summed E-state index contributed by atoms with van der Waals surface area (Å²) in [4.78, 5) is 10.9. The summed E-state index contributed by atoms with van der Waals surface area (Å²) in [6, 6.07) is 3.44. The summed E-state index contributed by atoms with van der Waals surface area (Å²) in [5.74, 6) is -0.633. The van der Waals surface area contributed by atoms with Gasteiger partial charge in [-0.25, -0.2) is 0 Å². The first-order chi connectivity index (χ1) is 7.36. The third-order valence-corrected chi connectivity index (χ3v) is 2.06. The van der Waals surface area contributed by atoms with Gasteiger partial charge in [0.15, 0.2) is 0 Å². The zero-order valence-electron chi connectivity index (χ0n) is 8.88. The minimum Gasteiger partial charge on any atom is -0.469 e. The van der Waals surface area contributed by atoms with Crippen LogP contribution in [-0.2, 0) is 22.1 Å². The van der Waals surface area contributed by atoms with Crippen LogP contribution >= 0.6 is 12.4 Å². The van der Waals surface area contributed by atoms with Crippen LogP contribution in [0.15, 0.2) is 18.2 Å². The number of nitrogens with two attached hydrogens (primary N) is 1. The molecule has 0 aliphatic rings. The van der Waals surface area contributed by atoms with Gasteiger partial charge in [0.1, 0.15) is 0 Å². The fraction of sp³-hybridized carbons (Fsp3) is 0.300. The summed E-state index contributed by atoms with van der Waals surface area (Å²) in [5.41, 5.74) is 4.09. The standard InChI is InChI=1S/C10H10F3NO2.ClH/c1-16-8(15)5-6-3-2-4-7(9(6)14)10(11,12)13;/h2-4H,5,14H2,1H3;1H. The molecule has 2 N–H and O–H groups in total. The van der Waals surface area contributed by atoms with Gasteiger partial charge in [-0.05, 0) is 11.6 Å². The first-order valence-electron chi connectivity index (χ1n) is 4.37. The first-order valence-corrected chi connectivity index (χ1v) is 4.37. The van der Waals surface area contributed by atoms with E-state index < -0.39 is 23.4 Å². The Hall–Kier alpha value is -1.43. The number of para-hydroxylation sites is 1. The molecule has 1 rings (SSSR count). The lowest BCUT2D eigenvalue weighted by Gasteiger charge is -2.12. The molecule has 1 aromatic rings. The molecule has 0 fully saturated rings. The molecule has 0 radical (unpaired) electrons. The summed E-state index contributed by atoms with van der Waals surface area (Å²) in [6.45, 7) is 0. The van der Waals surface area contributed by atoms with Gasteiger partial charge in [0.2, 0.25) is 0 Å². The number of anilines is 1. The highest BCUT2D eigenvalue weighted by Crippen LogP contribution is 2.35. The molecule has 0 saturated carbocycles. The second-order valence-electron chi connectivity index (χ2n) is 3.13. The van der Waals surface area contributed by atoms with Crippen LogP contribution in [0.1, 0.15) is 11.1 Å². The topological polar surface area (TPSA) is 52.3 Å². The van der Waals surface area contributed by atoms with Crippen molar-refractivity contribution in [1.82, 2.24) is 0 Å². The van der Waals surface area contributed by atoms with Crippen molar-refractivity contribution < 1.29 is 22.7 Å². The average molecular weight is 270 g/mol. The Morgan fingerprint density at radius 3 is 2.47 bits per heavy atom. The van der Waals surface area contributed by atoms with E-state index in [1.165, 1.54) is 12.1 Å². The zero-order valence-corrected chi connectivity index (χ0v) is 9.69. The van der Waals surface area contributed by atoms with E-state index in [1.54, 1.807) is 0 Å². The molecule has 0 unspecified atom stereocenters. The first kappa shape index (κ1) is 15.6. The molecule has 0 bridgehead atoms. The second kappa shape index (κ2) is 5.77. The predicted molar refractivity (Wildman–Crippen MR) is 58.8 cm³/mol. The van der Waals surface area contributed by atoms with E-state index in [2.05, 4.69) is 4.74 Å². The highest BCUT2D eigenvalue weighted by Gasteiger charge is 2.33. The van der Waals surface area contributed by atoms with Gasteiger partial charge in [0.05, 0.1) is 19.1 Å². The number of nitrogen functional groups attached to an aromatic ring is 1. The molecular formula is C10H11ClF3NO2. The third kappa shape index (κ3) is 3.81. The van der Waals surface area contributed by atoms with Crippen molar-refractivity contribution in [2.24, 2.45) is 0 Å². The lowest BCUT2D eigenvalue weighted by Crippen LogP contribution is -2.13. The Morgan fingerprint density at radius 1 is 1.41 bits per heavy atom. The van der Waals surface area contributed by atoms with Crippen molar-refractivity contribution in [2.75, 3.05) is 12.8 Å². The second-order valence-corrected chi connectivity index (χ2v) is 3.13. The Bertz CT molecular complexity index is 407. The Kier molecular flexibility index (Phi) is 5.28. The smallest absolute Gasteiger partial charge is 0.418 e. The Labute approximate surface area is 102 Å². The molecule has 96 valence electrons. The zero-order chi connectivity index (χ0) is 12.3. The van der Waals surface area contributed by atoms with Gasteiger partial charge in [-0.3, -0.25) is 4.79 Å². The molecule has 0 aliphatic heterocycles. The van der Waals surface area contributed by atoms with Gasteiger partial charge < -0.3 is 10.5 Å². The largest absolute Gasteiger partial charge is 0.469 e. The maximum absolute atomic E-state index is 12.5. The predicted octanol–water partition coefficient (Wildman–Crippen LogP) is 2.42. The molecule has 0 aromatic heterocycles. The van der Waals surface area contributed by atoms with Crippen LogP contribution in [0.5, 0.6) is 0 Å². The highest BCUT2D eigenvalue weighted by atomic mass is 35.5. The summed E-state index contributed by atoms with van der Waals surface area (Å²) >= 11 is 0. The summed E-state index contributed by atoms with van der Waals surface area (Å²) in [5, 5.41) is 0. The maximum Gasteiger partial charge on any atom is 0.418 e. The number of esters is 1. The van der Waals surface area contributed by atoms with Crippen molar-refractivity contribution in [3.8, 4) is 0 Å². The van der Waals surface area contributed by atoms with E-state index >= 15 is 0 Å². The number of halogens is 4. The maximum atomic E-state index is 12.5. The van der Waals surface area contributed by atoms with Gasteiger partial charge in [0, 0.05) is 5.69 Å². The Balaban J connectivity index is 0.00000256. The number of ether oxygens (including phenoxy) is 1. The van der Waals surface area contributed by atoms with Gasteiger partial charge in [-0.1, -0.05) is 12.1 Å². The van der Waals surface area contributed by atoms with Gasteiger partial charge in [-0.15, -0.1) is 12.4 Å². The number of alkyl halides is 3. The van der Waals surface area contributed by atoms with Gasteiger partial charge >= 0.3 is 12.1 Å². The van der Waals surface area contributed by atoms with Gasteiger partial charge in [0.25, 0.3) is 0 Å². The average Bonchev–Trinajstić information content (AvgIpc) is 2.19. The quantitative estimate of drug-likeness (QED) is 0.663. The molecule has 17 heavy (non-hydrogen) atoms. The number of carbonyl (C=O) groups excluding carboxylic acids is 1. The normalized spacial score (nSPS) is 10.6. The number of hydrogen-bond acceptors (Lipinski definition) is 3. The van der Waals surface area contributed by atoms with Crippen LogP contribution in [0.3, 0.4) is 0 Å². The molecule has 0 saturated heterocycles. The van der Waals surface area contributed by atoms with Gasteiger partial charge in [-0.2, -0.15) is 13.2 Å². The summed E-state index contributed by atoms with van der Waals surface area (Å²) in [6.07, 6.45) is -4.79. The number of hydrogen-bond donors (Lipinski definition) is 1. The van der Waals surface area contributed by atoms with Crippen molar-refractivity contribution >= 4 is 24.1 Å². The van der Waals surface area contributed by atoms with E-state index in [4.69, 9.17) is 5.73 Å². The molecule has 7 heteroatoms. The summed E-state index contributed by atoms with van der Waals surface area (Å²) < 4.78 is 41.7. The van der Waals surface area contributed by atoms with E-state index in [0.29, 0.717) is 0 Å². The van der Waals surface area contributed by atoms with Crippen molar-refractivity contribution in [3.05, 3.63) is 29.3 Å². The van der Waals surface area contributed by atoms with Crippen molar-refractivity contribution in [3.63, 3.8) is 0 Å². The minimum absolute atomic E-state index is 0. The number of rotatable bonds is 2. The van der Waals surface area contributed by atoms with E-state index in [-0.39, 0.29) is 24.4 Å². The van der Waals surface area contributed by atoms with E-state index in [1.807, 2.05) is 0 Å². The lowest BCUT2D eigenvalue weighted by molar-refractivity contribution is -0.140. The molecule has 3 nitrogen and oxygen atoms in total. The molecule has 1 aromatic carbocycles. The molecule has 0 spiro atoms. The summed E-state index contributed by atoms with van der Waals surface area (Å²) in [7, 11) is 1.16. The van der Waals surface area contributed by atoms with Crippen LogP contribution in [0.4, 0.5) is 18.9 Å². The monoisotopic (exact) mass is 269 g/mol. The third-order valence-electron chi connectivity index (χ3n) is 2.06. The molecule has 0 heterocycles. The van der Waals surface area contributed by atoms with Crippen LogP contribution in [0, 0.1) is 0 Å². The fourth-order valence-electron chi connectivity index (χ4n) is 1.24. The van der Waals surface area contributed by atoms with Crippen LogP contribution in [-0.4, -0.2) is 13.1 Å². The lowest BCUT2D eigenvalue weighted by atomic mass is 10.0. The van der Waals surface area contributed by atoms with Crippen LogP contribution < -0.4 is 5.73 Å². The Morgan fingerprint density at radius 2 is 2.00 bits per heavy atom. The van der Waals surface area contributed by atoms with E-state index in [9.17, 15) is 18.0 Å². The number of methoxy groups -OCH3 is 1. The fourth-order valence-corrected chi connectivity index (χ4v) is 1.24. The molecular weight excluding hydrogens is 259 g/mol. The minimum atomic E-state index is -4.52. The molecule has 0 aliphatic carbocycles. The van der Waals surface area contributed by atoms with Crippen molar-refractivity contribution in [1.29, 1.82) is 0 Å². The van der Waals surface area contributed by atoms with E-state index in [0.717, 1.165) is 13.2 Å². The van der Waals surface area contributed by atoms with Crippen LogP contribution in [0.2, 0.25) is 0 Å². The molecule has 0 amide bonds. The highest BCUT2D eigenvalue weighted by molar-refractivity contribution is 5.85. The van der Waals surface area contributed by atoms with Crippen LogP contribution in [0.25, 0.3) is 0 Å².